The van der Waals surface area contributed by atoms with Crippen LogP contribution in [0.2, 0.25) is 0 Å². The maximum atomic E-state index is 15.1. The van der Waals surface area contributed by atoms with Crippen molar-refractivity contribution >= 4 is 10.8 Å². The van der Waals surface area contributed by atoms with E-state index in [1.165, 1.54) is 6.07 Å². The van der Waals surface area contributed by atoms with Crippen LogP contribution in [0.4, 0.5) is 22.0 Å². The molecule has 36 heavy (non-hydrogen) atoms. The van der Waals surface area contributed by atoms with Gasteiger partial charge in [-0.2, -0.15) is 0 Å². The van der Waals surface area contributed by atoms with Crippen LogP contribution in [-0.4, -0.2) is 18.5 Å². The number of aryl methyl sites for hydroxylation is 4. The number of nitrogens with zero attached hydrogens (tertiary/aromatic N) is 1. The highest BCUT2D eigenvalue weighted by Crippen LogP contribution is 2.28. The Morgan fingerprint density at radius 3 is 2.19 bits per heavy atom. The lowest BCUT2D eigenvalue weighted by Crippen LogP contribution is -2.18. The van der Waals surface area contributed by atoms with Crippen molar-refractivity contribution in [2.75, 3.05) is 7.11 Å². The number of hydrogen-bond donors (Lipinski definition) is 0. The highest BCUT2D eigenvalue weighted by Gasteiger charge is 2.32. The van der Waals surface area contributed by atoms with Gasteiger partial charge in [-0.05, 0) is 71.5 Å². The Balaban J connectivity index is 1.40. The van der Waals surface area contributed by atoms with Crippen LogP contribution in [0.1, 0.15) is 27.9 Å². The number of rotatable bonds is 9. The fourth-order valence-corrected chi connectivity index (χ4v) is 4.05. The molecule has 1 aromatic heterocycles. The molecule has 0 radical (unpaired) electrons. The van der Waals surface area contributed by atoms with Gasteiger partial charge in [0, 0.05) is 24.4 Å². The van der Waals surface area contributed by atoms with Crippen molar-refractivity contribution in [3.63, 3.8) is 0 Å². The van der Waals surface area contributed by atoms with Gasteiger partial charge in [-0.3, -0.25) is 4.98 Å². The van der Waals surface area contributed by atoms with Crippen LogP contribution in [0.3, 0.4) is 0 Å². The van der Waals surface area contributed by atoms with Gasteiger partial charge >= 0.3 is 6.36 Å². The smallest absolute Gasteiger partial charge is 0.403 e. The molecule has 3 aromatic carbocycles. The topological polar surface area (TPSA) is 31.4 Å². The van der Waals surface area contributed by atoms with Gasteiger partial charge < -0.3 is 9.47 Å². The van der Waals surface area contributed by atoms with E-state index >= 15 is 4.39 Å². The minimum Gasteiger partial charge on any atom is -0.403 e. The van der Waals surface area contributed by atoms with Crippen molar-refractivity contribution in [2.45, 2.75) is 38.7 Å². The number of methoxy groups -OCH3 is 1. The zero-order chi connectivity index (χ0) is 25.7. The first kappa shape index (κ1) is 25.6. The lowest BCUT2D eigenvalue weighted by molar-refractivity contribution is -0.275. The number of ether oxygens (including phenoxy) is 2. The van der Waals surface area contributed by atoms with Gasteiger partial charge in [0.25, 0.3) is 0 Å². The average Bonchev–Trinajstić information content (AvgIpc) is 2.84. The molecule has 0 unspecified atom stereocenters. The molecule has 1 heterocycles. The minimum absolute atomic E-state index is 0.264. The Labute approximate surface area is 205 Å². The standard InChI is InChI=1S/C28H24F5NO2/c1-35-17-20-4-11-23(34-16-20)10-3-18-5-12-24-22(14-18)9-8-21(27(24)30)7-2-19-6-13-26(25(29)15-19)36-28(31,32)33/h4-6,8-9,11-16H,2-3,7,10,17H2,1H3. The summed E-state index contributed by atoms with van der Waals surface area (Å²) in [6, 6.07) is 16.3. The second kappa shape index (κ2) is 11.0. The average molecular weight is 501 g/mol. The molecule has 0 saturated heterocycles. The first-order chi connectivity index (χ1) is 17.2. The Bertz CT molecular complexity index is 1340. The summed E-state index contributed by atoms with van der Waals surface area (Å²) in [5, 5.41) is 1.26. The van der Waals surface area contributed by atoms with E-state index in [2.05, 4.69) is 9.72 Å². The van der Waals surface area contributed by atoms with Crippen LogP contribution in [0.15, 0.2) is 66.9 Å². The summed E-state index contributed by atoms with van der Waals surface area (Å²) in [6.07, 6.45) is -1.12. The van der Waals surface area contributed by atoms with Crippen LogP contribution < -0.4 is 4.74 Å². The molecular formula is C28H24F5NO2. The van der Waals surface area contributed by atoms with Gasteiger partial charge in [0.15, 0.2) is 11.6 Å². The Morgan fingerprint density at radius 1 is 0.778 bits per heavy atom. The fraction of sp³-hybridized carbons (Fsp3) is 0.250. The van der Waals surface area contributed by atoms with Gasteiger partial charge in [-0.15, -0.1) is 13.2 Å². The van der Waals surface area contributed by atoms with Crippen molar-refractivity contribution in [3.8, 4) is 5.75 Å². The third-order valence-corrected chi connectivity index (χ3v) is 5.87. The number of fused-ring (bicyclic) bond motifs is 1. The SMILES string of the molecule is COCc1ccc(CCc2ccc3c(F)c(CCc4ccc(OC(F)(F)F)c(F)c4)ccc3c2)nc1. The zero-order valence-electron chi connectivity index (χ0n) is 19.5. The Kier molecular flexibility index (Phi) is 7.84. The quantitative estimate of drug-likeness (QED) is 0.229. The third kappa shape index (κ3) is 6.57. The predicted octanol–water partition coefficient (Wildman–Crippen LogP) is 7.13. The highest BCUT2D eigenvalue weighted by atomic mass is 19.4. The maximum Gasteiger partial charge on any atom is 0.573 e. The molecule has 0 aliphatic carbocycles. The maximum absolute atomic E-state index is 15.1. The number of hydrogen-bond acceptors (Lipinski definition) is 3. The first-order valence-electron chi connectivity index (χ1n) is 11.4. The van der Waals surface area contributed by atoms with Gasteiger partial charge in [-0.25, -0.2) is 8.78 Å². The molecule has 4 rings (SSSR count). The summed E-state index contributed by atoms with van der Waals surface area (Å²) in [6.45, 7) is 0.519. The molecule has 0 saturated carbocycles. The van der Waals surface area contributed by atoms with Crippen molar-refractivity contribution in [1.29, 1.82) is 0 Å². The van der Waals surface area contributed by atoms with Crippen LogP contribution in [0.25, 0.3) is 10.8 Å². The monoisotopic (exact) mass is 501 g/mol. The molecule has 0 aliphatic rings. The van der Waals surface area contributed by atoms with Crippen molar-refractivity contribution in [3.05, 3.63) is 106 Å². The van der Waals surface area contributed by atoms with E-state index in [1.807, 2.05) is 30.3 Å². The summed E-state index contributed by atoms with van der Waals surface area (Å²) in [7, 11) is 1.64. The molecule has 0 fully saturated rings. The van der Waals surface area contributed by atoms with Crippen LogP contribution in [0.5, 0.6) is 5.75 Å². The predicted molar refractivity (Wildman–Crippen MR) is 127 cm³/mol. The van der Waals surface area contributed by atoms with E-state index in [0.29, 0.717) is 23.1 Å². The lowest BCUT2D eigenvalue weighted by atomic mass is 9.98. The van der Waals surface area contributed by atoms with E-state index in [1.54, 1.807) is 25.4 Å². The molecule has 0 N–H and O–H groups in total. The molecule has 188 valence electrons. The fourth-order valence-electron chi connectivity index (χ4n) is 4.05. The summed E-state index contributed by atoms with van der Waals surface area (Å²) in [5.74, 6) is -2.36. The number of alkyl halides is 3. The summed E-state index contributed by atoms with van der Waals surface area (Å²) in [5.41, 5.74) is 3.93. The van der Waals surface area contributed by atoms with Crippen LogP contribution in [0, 0.1) is 11.6 Å². The zero-order valence-corrected chi connectivity index (χ0v) is 19.5. The van der Waals surface area contributed by atoms with E-state index < -0.39 is 17.9 Å². The minimum atomic E-state index is -4.97. The number of aromatic nitrogens is 1. The lowest BCUT2D eigenvalue weighted by Gasteiger charge is -2.11. The molecule has 0 spiro atoms. The van der Waals surface area contributed by atoms with Crippen LogP contribution in [-0.2, 0) is 37.0 Å². The van der Waals surface area contributed by atoms with E-state index in [4.69, 9.17) is 4.74 Å². The third-order valence-electron chi connectivity index (χ3n) is 5.87. The van der Waals surface area contributed by atoms with E-state index in [9.17, 15) is 17.6 Å². The van der Waals surface area contributed by atoms with Gasteiger partial charge in [-0.1, -0.05) is 42.5 Å². The normalized spacial score (nSPS) is 11.7. The largest absolute Gasteiger partial charge is 0.573 e. The first-order valence-corrected chi connectivity index (χ1v) is 11.4. The van der Waals surface area contributed by atoms with Crippen molar-refractivity contribution < 1.29 is 31.4 Å². The Hall–Kier alpha value is -3.52. The molecule has 8 heteroatoms. The second-order valence-corrected chi connectivity index (χ2v) is 8.50. The van der Waals surface area contributed by atoms with Crippen molar-refractivity contribution in [2.24, 2.45) is 0 Å². The molecule has 0 aliphatic heterocycles. The summed E-state index contributed by atoms with van der Waals surface area (Å²) < 4.78 is 74.7. The number of halogens is 5. The van der Waals surface area contributed by atoms with E-state index in [-0.39, 0.29) is 18.7 Å². The molecule has 0 atom stereocenters. The second-order valence-electron chi connectivity index (χ2n) is 8.50. The summed E-state index contributed by atoms with van der Waals surface area (Å²) >= 11 is 0. The molecule has 0 bridgehead atoms. The highest BCUT2D eigenvalue weighted by molar-refractivity contribution is 5.84. The van der Waals surface area contributed by atoms with Gasteiger partial charge in [0.2, 0.25) is 0 Å². The van der Waals surface area contributed by atoms with Gasteiger partial charge in [0.05, 0.1) is 6.61 Å². The number of pyridine rings is 1. The van der Waals surface area contributed by atoms with Crippen LogP contribution >= 0.6 is 0 Å². The van der Waals surface area contributed by atoms with E-state index in [0.717, 1.165) is 47.2 Å². The van der Waals surface area contributed by atoms with Crippen molar-refractivity contribution in [1.82, 2.24) is 4.98 Å². The van der Waals surface area contributed by atoms with Gasteiger partial charge in [0.1, 0.15) is 5.82 Å². The Morgan fingerprint density at radius 2 is 1.50 bits per heavy atom. The number of benzene rings is 3. The molecule has 4 aromatic rings. The molecule has 3 nitrogen and oxygen atoms in total. The molecule has 0 amide bonds. The summed E-state index contributed by atoms with van der Waals surface area (Å²) in [4.78, 5) is 4.45. The molecular weight excluding hydrogens is 477 g/mol.